The molecule has 0 spiro atoms. The Bertz CT molecular complexity index is 1360. The summed E-state index contributed by atoms with van der Waals surface area (Å²) in [5.41, 5.74) is 7.17. The van der Waals surface area contributed by atoms with E-state index in [0.29, 0.717) is 28.0 Å². The zero-order chi connectivity index (χ0) is 22.9. The summed E-state index contributed by atoms with van der Waals surface area (Å²) in [5.74, 6) is 0.210. The molecule has 2 amide bonds. The molecule has 0 saturated carbocycles. The largest absolute Gasteiger partial charge is 0.433 e. The third-order valence-corrected chi connectivity index (χ3v) is 4.44. The van der Waals surface area contributed by atoms with Crippen LogP contribution in [0.15, 0.2) is 55.1 Å². The number of nitrogens with two attached hydrogens (primary N) is 1. The van der Waals surface area contributed by atoms with Crippen molar-refractivity contribution in [2.45, 2.75) is 6.18 Å². The zero-order valence-corrected chi connectivity index (χ0v) is 16.1. The molecule has 0 radical (unpaired) electrons. The Balaban J connectivity index is 1.54. The molecule has 4 aromatic rings. The maximum atomic E-state index is 12.8. The molecular formula is C20H13F3N8O. The first-order valence-electron chi connectivity index (χ1n) is 8.97. The molecule has 12 heteroatoms. The Hall–Kier alpha value is -4.66. The first-order chi connectivity index (χ1) is 15.3. The maximum Gasteiger partial charge on any atom is 0.433 e. The smallest absolute Gasteiger partial charge is 0.382 e. The predicted molar refractivity (Wildman–Crippen MR) is 111 cm³/mol. The number of urea groups is 1. The van der Waals surface area contributed by atoms with Crippen LogP contribution in [-0.2, 0) is 6.18 Å². The summed E-state index contributed by atoms with van der Waals surface area (Å²) in [7, 11) is 0. The number of nitrogens with zero attached hydrogens (tertiary/aromatic N) is 5. The van der Waals surface area contributed by atoms with Crippen LogP contribution in [0, 0.1) is 6.57 Å². The Morgan fingerprint density at radius 2 is 1.81 bits per heavy atom. The Kier molecular flexibility index (Phi) is 5.07. The topological polar surface area (TPSA) is 115 Å². The van der Waals surface area contributed by atoms with Crippen LogP contribution in [0.25, 0.3) is 21.5 Å². The van der Waals surface area contributed by atoms with Crippen molar-refractivity contribution in [3.63, 3.8) is 0 Å². The molecule has 0 aliphatic heterocycles. The van der Waals surface area contributed by atoms with Crippen LogP contribution in [-0.4, -0.2) is 25.6 Å². The molecule has 4 rings (SSSR count). The van der Waals surface area contributed by atoms with Crippen molar-refractivity contribution >= 4 is 34.4 Å². The number of nitrogens with one attached hydrogen (secondary N) is 2. The number of carbonyl (C=O) groups is 1. The van der Waals surface area contributed by atoms with Gasteiger partial charge in [-0.1, -0.05) is 12.1 Å². The van der Waals surface area contributed by atoms with Gasteiger partial charge in [-0.25, -0.2) is 19.1 Å². The van der Waals surface area contributed by atoms with Crippen molar-refractivity contribution in [2.75, 3.05) is 16.4 Å². The molecule has 0 saturated heterocycles. The van der Waals surface area contributed by atoms with Crippen molar-refractivity contribution in [2.24, 2.45) is 0 Å². The van der Waals surface area contributed by atoms with Gasteiger partial charge in [0.25, 0.3) is 0 Å². The first-order valence-corrected chi connectivity index (χ1v) is 8.97. The highest BCUT2D eigenvalue weighted by Crippen LogP contribution is 2.38. The van der Waals surface area contributed by atoms with E-state index in [1.165, 1.54) is 16.9 Å². The van der Waals surface area contributed by atoms with E-state index in [-0.39, 0.29) is 11.5 Å². The van der Waals surface area contributed by atoms with E-state index in [2.05, 4.69) is 30.5 Å². The molecular weight excluding hydrogens is 425 g/mol. The Labute approximate surface area is 178 Å². The fourth-order valence-electron chi connectivity index (χ4n) is 3.07. The van der Waals surface area contributed by atoms with Crippen molar-refractivity contribution in [3.8, 4) is 11.1 Å². The van der Waals surface area contributed by atoms with Crippen molar-refractivity contribution in [3.05, 3.63) is 72.2 Å². The van der Waals surface area contributed by atoms with Crippen LogP contribution in [0.3, 0.4) is 0 Å². The van der Waals surface area contributed by atoms with Crippen LogP contribution in [0.4, 0.5) is 40.8 Å². The normalized spacial score (nSPS) is 11.2. The zero-order valence-electron chi connectivity index (χ0n) is 16.1. The SMILES string of the molecule is [C-]#[N+]c1cn2ncnc(N)c2c1-c1ccc(NC(=O)Nc2ccnc(C(F)(F)F)c2)cc1. The number of pyridine rings is 1. The maximum absolute atomic E-state index is 12.8. The van der Waals surface area contributed by atoms with Crippen LogP contribution in [0.5, 0.6) is 0 Å². The first kappa shape index (κ1) is 20.6. The van der Waals surface area contributed by atoms with Gasteiger partial charge < -0.3 is 16.4 Å². The van der Waals surface area contributed by atoms with Gasteiger partial charge in [-0.15, -0.1) is 0 Å². The highest BCUT2D eigenvalue weighted by molar-refractivity contribution is 6.00. The standard InChI is InChI=1S/C20H13F3N8O/c1-25-14-9-31-17(18(24)27-10-28-31)16(14)11-2-4-12(5-3-11)29-19(32)30-13-6-7-26-15(8-13)20(21,22)23/h2-10H,(H2,24,27,28)(H2,26,29,30,32). The van der Waals surface area contributed by atoms with E-state index < -0.39 is 17.9 Å². The monoisotopic (exact) mass is 438 g/mol. The van der Waals surface area contributed by atoms with Gasteiger partial charge >= 0.3 is 12.2 Å². The van der Waals surface area contributed by atoms with Crippen molar-refractivity contribution < 1.29 is 18.0 Å². The third-order valence-electron chi connectivity index (χ3n) is 4.44. The van der Waals surface area contributed by atoms with Crippen LogP contribution < -0.4 is 16.4 Å². The number of alkyl halides is 3. The number of amides is 2. The second-order valence-electron chi connectivity index (χ2n) is 6.52. The third kappa shape index (κ3) is 3.99. The summed E-state index contributed by atoms with van der Waals surface area (Å²) in [5, 5.41) is 8.92. The van der Waals surface area contributed by atoms with Gasteiger partial charge in [0.2, 0.25) is 5.69 Å². The van der Waals surface area contributed by atoms with E-state index in [9.17, 15) is 18.0 Å². The Morgan fingerprint density at radius 1 is 1.09 bits per heavy atom. The van der Waals surface area contributed by atoms with Crippen LogP contribution in [0.1, 0.15) is 5.69 Å². The summed E-state index contributed by atoms with van der Waals surface area (Å²) >= 11 is 0. The lowest BCUT2D eigenvalue weighted by atomic mass is 10.1. The van der Waals surface area contributed by atoms with E-state index in [4.69, 9.17) is 12.3 Å². The van der Waals surface area contributed by atoms with Crippen molar-refractivity contribution in [1.82, 2.24) is 19.6 Å². The highest BCUT2D eigenvalue weighted by Gasteiger charge is 2.32. The molecule has 0 aliphatic carbocycles. The fraction of sp³-hybridized carbons (Fsp3) is 0.0500. The summed E-state index contributed by atoms with van der Waals surface area (Å²) < 4.78 is 39.7. The van der Waals surface area contributed by atoms with Gasteiger partial charge in [-0.05, 0) is 29.8 Å². The molecule has 1 aromatic carbocycles. The minimum atomic E-state index is -4.62. The van der Waals surface area contributed by atoms with Gasteiger partial charge in [0, 0.05) is 29.3 Å². The number of benzene rings is 1. The number of anilines is 3. The van der Waals surface area contributed by atoms with Crippen LogP contribution >= 0.6 is 0 Å². The second kappa shape index (κ2) is 7.88. The number of rotatable bonds is 3. The lowest BCUT2D eigenvalue weighted by molar-refractivity contribution is -0.141. The second-order valence-corrected chi connectivity index (χ2v) is 6.52. The number of hydrogen-bond acceptors (Lipinski definition) is 5. The molecule has 160 valence electrons. The van der Waals surface area contributed by atoms with E-state index in [1.54, 1.807) is 30.5 Å². The predicted octanol–water partition coefficient (Wildman–Crippen LogP) is 4.59. The van der Waals surface area contributed by atoms with Gasteiger partial charge in [-0.2, -0.15) is 18.3 Å². The summed E-state index contributed by atoms with van der Waals surface area (Å²) in [6, 6.07) is 7.75. The molecule has 0 atom stereocenters. The van der Waals surface area contributed by atoms with E-state index in [1.807, 2.05) is 0 Å². The number of hydrogen-bond donors (Lipinski definition) is 3. The average Bonchev–Trinajstić information content (AvgIpc) is 3.14. The fourth-order valence-corrected chi connectivity index (χ4v) is 3.07. The quantitative estimate of drug-likeness (QED) is 0.405. The molecule has 0 fully saturated rings. The average molecular weight is 438 g/mol. The molecule has 32 heavy (non-hydrogen) atoms. The van der Waals surface area contributed by atoms with E-state index >= 15 is 0 Å². The van der Waals surface area contributed by atoms with E-state index in [0.717, 1.165) is 12.3 Å². The summed E-state index contributed by atoms with van der Waals surface area (Å²) in [6.45, 7) is 7.41. The molecule has 0 aliphatic rings. The van der Waals surface area contributed by atoms with Gasteiger partial charge in [0.05, 0.1) is 6.57 Å². The molecule has 3 aromatic heterocycles. The summed E-state index contributed by atoms with van der Waals surface area (Å²) in [4.78, 5) is 22.9. The molecule has 9 nitrogen and oxygen atoms in total. The molecule has 3 heterocycles. The molecule has 0 unspecified atom stereocenters. The number of aromatic nitrogens is 4. The van der Waals surface area contributed by atoms with Gasteiger partial charge in [-0.3, -0.25) is 4.98 Å². The number of halogens is 3. The number of carbonyl (C=O) groups excluding carboxylic acids is 1. The molecule has 0 bridgehead atoms. The Morgan fingerprint density at radius 3 is 2.50 bits per heavy atom. The highest BCUT2D eigenvalue weighted by atomic mass is 19.4. The molecule has 4 N–H and O–H groups in total. The van der Waals surface area contributed by atoms with Gasteiger partial charge in [0.1, 0.15) is 17.5 Å². The van der Waals surface area contributed by atoms with Gasteiger partial charge in [0.15, 0.2) is 5.82 Å². The van der Waals surface area contributed by atoms with Crippen molar-refractivity contribution in [1.29, 1.82) is 0 Å². The van der Waals surface area contributed by atoms with Crippen LogP contribution in [0.2, 0.25) is 0 Å². The minimum Gasteiger partial charge on any atom is -0.382 e. The lowest BCUT2D eigenvalue weighted by Crippen LogP contribution is -2.20. The minimum absolute atomic E-state index is 0.0566. The lowest BCUT2D eigenvalue weighted by Gasteiger charge is -2.10. The number of nitrogen functional groups attached to an aromatic ring is 1. The summed E-state index contributed by atoms with van der Waals surface area (Å²) in [6.07, 6.45) is -0.836. The number of fused-ring (bicyclic) bond motifs is 1.